The Hall–Kier alpha value is -3.63. The highest BCUT2D eigenvalue weighted by Gasteiger charge is 2.54. The van der Waals surface area contributed by atoms with E-state index < -0.39 is 90.3 Å². The van der Waals surface area contributed by atoms with E-state index in [4.69, 9.17) is 23.7 Å². The number of hydrogen-bond donors (Lipinski definition) is 6. The first-order chi connectivity index (χ1) is 46.8. The molecule has 0 amide bonds. The second kappa shape index (κ2) is 41.6. The summed E-state index contributed by atoms with van der Waals surface area (Å²) in [6.45, 7) is 61.2. The standard InChI is InChI=1S/C15H28O3.C14H26O3.C13H26O3.2C12H24O3.C11H17F3O.C7H14O2/c1-6-14(2,3)13(16)18-12(15(4,5)17)11-9-7-8-10-11;1-6-12(2,3)11(15)17-14(13(4,5)16)9-7-8-10-14;1-8-12(4,5)11(14)16-10(9(2)3)13(6,7)15;1-8-10(2,3)9(13)15-12(6,7)11(4,5)14;1-7-9(12(5,6)14)15-10(13)11(3,4)8-2;1-10(15,11(12,13)14)6-9-5-7-2-3-8(9)4-7;1-5-7(2,3)6(8)9-4/h11-12,17H,6-10H2,1-5H3;16H,6-10H2,1-5H3;9-10,15H,8H2,1-7H3;14H,8H2,1-7H3;9,14H,7-8H2,1-6H3;7-9,15H,2-6H2,1H3;5H2,1-4H3. The van der Waals surface area contributed by atoms with Gasteiger partial charge in [0.1, 0.15) is 29.5 Å². The first kappa shape index (κ1) is 106. The fourth-order valence-electron chi connectivity index (χ4n) is 11.7. The molecule has 0 aliphatic heterocycles. The first-order valence-corrected chi connectivity index (χ1v) is 39.4. The molecule has 0 aromatic carbocycles. The van der Waals surface area contributed by atoms with E-state index in [0.29, 0.717) is 30.6 Å². The highest BCUT2D eigenvalue weighted by atomic mass is 19.4. The van der Waals surface area contributed by atoms with Crippen LogP contribution in [0.2, 0.25) is 0 Å². The normalized spacial score (nSPS) is 19.7. The summed E-state index contributed by atoms with van der Waals surface area (Å²) in [4.78, 5) is 70.7. The fourth-order valence-corrected chi connectivity index (χ4v) is 11.7. The lowest BCUT2D eigenvalue weighted by Gasteiger charge is -2.41. The van der Waals surface area contributed by atoms with E-state index in [1.165, 1.54) is 26.4 Å². The Balaban J connectivity index is -0.00000116. The molecule has 4 rings (SSSR count). The van der Waals surface area contributed by atoms with Crippen LogP contribution in [0.5, 0.6) is 0 Å². The van der Waals surface area contributed by atoms with Crippen LogP contribution >= 0.6 is 0 Å². The smallest absolute Gasteiger partial charge is 0.416 e. The van der Waals surface area contributed by atoms with Crippen LogP contribution in [-0.2, 0) is 57.2 Å². The number of methoxy groups -OCH3 is 1. The van der Waals surface area contributed by atoms with Crippen molar-refractivity contribution in [3.63, 3.8) is 0 Å². The number of halogens is 3. The van der Waals surface area contributed by atoms with Crippen molar-refractivity contribution in [3.8, 4) is 0 Å². The summed E-state index contributed by atoms with van der Waals surface area (Å²) in [5.41, 5.74) is -11.7. The molecule has 7 unspecified atom stereocenters. The molecule has 4 aliphatic carbocycles. The lowest BCUT2D eigenvalue weighted by molar-refractivity contribution is -0.259. The van der Waals surface area contributed by atoms with Gasteiger partial charge in [0, 0.05) is 0 Å². The molecule has 105 heavy (non-hydrogen) atoms. The molecule has 4 saturated carbocycles. The van der Waals surface area contributed by atoms with Crippen LogP contribution in [0.3, 0.4) is 0 Å². The number of carbonyl (C=O) groups excluding carboxylic acids is 6. The van der Waals surface area contributed by atoms with Gasteiger partial charge in [0.05, 0.1) is 67.6 Å². The van der Waals surface area contributed by atoms with Crippen LogP contribution in [0.4, 0.5) is 13.2 Å². The molecule has 7 atom stereocenters. The van der Waals surface area contributed by atoms with Gasteiger partial charge in [-0.25, -0.2) is 0 Å². The highest BCUT2D eigenvalue weighted by molar-refractivity contribution is 5.78. The predicted octanol–water partition coefficient (Wildman–Crippen LogP) is 18.9. The Labute approximate surface area is 636 Å². The molecule has 0 aromatic heterocycles. The minimum absolute atomic E-state index is 0.0837. The lowest BCUT2D eigenvalue weighted by Crippen LogP contribution is -2.52. The van der Waals surface area contributed by atoms with E-state index >= 15 is 0 Å². The van der Waals surface area contributed by atoms with E-state index in [0.717, 1.165) is 96.8 Å². The molecule has 4 fully saturated rings. The van der Waals surface area contributed by atoms with Crippen LogP contribution in [0.1, 0.15) is 364 Å². The van der Waals surface area contributed by atoms with Crippen LogP contribution in [0.15, 0.2) is 0 Å². The van der Waals surface area contributed by atoms with Crippen molar-refractivity contribution in [2.24, 2.45) is 62.1 Å². The number of carbonyl (C=O) groups is 6. The molecule has 6 N–H and O–H groups in total. The zero-order valence-electron chi connectivity index (χ0n) is 73.0. The maximum Gasteiger partial charge on any atom is 0.416 e. The summed E-state index contributed by atoms with van der Waals surface area (Å²) in [7, 11) is 1.42. The highest BCUT2D eigenvalue weighted by Crippen LogP contribution is 2.52. The van der Waals surface area contributed by atoms with E-state index in [-0.39, 0.29) is 65.6 Å². The van der Waals surface area contributed by atoms with Crippen molar-refractivity contribution in [1.29, 1.82) is 0 Å². The van der Waals surface area contributed by atoms with Crippen LogP contribution < -0.4 is 0 Å². The third-order valence-electron chi connectivity index (χ3n) is 23.3. The Morgan fingerprint density at radius 2 is 0.819 bits per heavy atom. The van der Waals surface area contributed by atoms with Gasteiger partial charge < -0.3 is 59.1 Å². The van der Waals surface area contributed by atoms with E-state index in [2.05, 4.69) is 4.74 Å². The van der Waals surface area contributed by atoms with Crippen LogP contribution in [0.25, 0.3) is 0 Å². The number of hydrogen-bond acceptors (Lipinski definition) is 18. The topological polar surface area (TPSA) is 279 Å². The fraction of sp³-hybridized carbons (Fsp3) is 0.929. The number of alkyl halides is 3. The Morgan fingerprint density at radius 3 is 1.10 bits per heavy atom. The maximum absolute atomic E-state index is 12.5. The molecule has 21 heteroatoms. The molecular formula is C84H159F3O18. The van der Waals surface area contributed by atoms with Gasteiger partial charge in [-0.1, -0.05) is 81.6 Å². The molecule has 0 spiro atoms. The quantitative estimate of drug-likeness (QED) is 0.0329. The van der Waals surface area contributed by atoms with E-state index in [1.54, 1.807) is 83.1 Å². The number of fused-ring (bicyclic) bond motifs is 2. The largest absolute Gasteiger partial charge is 0.469 e. The number of ether oxygens (including phenoxy) is 6. The lowest BCUT2D eigenvalue weighted by atomic mass is 9.81. The summed E-state index contributed by atoms with van der Waals surface area (Å²) in [6, 6.07) is 0. The molecule has 0 saturated heterocycles. The van der Waals surface area contributed by atoms with Crippen molar-refractivity contribution in [2.75, 3.05) is 7.11 Å². The van der Waals surface area contributed by atoms with Gasteiger partial charge in [0.2, 0.25) is 0 Å². The Kier molecular flexibility index (Phi) is 41.8. The first-order valence-electron chi connectivity index (χ1n) is 39.4. The van der Waals surface area contributed by atoms with Gasteiger partial charge in [0.25, 0.3) is 0 Å². The monoisotopic (exact) mass is 1510 g/mol. The third-order valence-corrected chi connectivity index (χ3v) is 23.3. The minimum Gasteiger partial charge on any atom is -0.469 e. The predicted molar refractivity (Wildman–Crippen MR) is 412 cm³/mol. The minimum atomic E-state index is -4.49. The van der Waals surface area contributed by atoms with Crippen LogP contribution in [-0.4, -0.2) is 143 Å². The van der Waals surface area contributed by atoms with Crippen molar-refractivity contribution >= 4 is 35.8 Å². The van der Waals surface area contributed by atoms with E-state index in [1.807, 2.05) is 145 Å². The summed E-state index contributed by atoms with van der Waals surface area (Å²) >= 11 is 0. The van der Waals surface area contributed by atoms with Gasteiger partial charge >= 0.3 is 42.0 Å². The Morgan fingerprint density at radius 1 is 0.448 bits per heavy atom. The van der Waals surface area contributed by atoms with Gasteiger partial charge in [-0.2, -0.15) is 13.2 Å². The second-order valence-electron chi connectivity index (χ2n) is 38.1. The second-order valence-corrected chi connectivity index (χ2v) is 38.1. The molecule has 18 nitrogen and oxygen atoms in total. The number of esters is 6. The van der Waals surface area contributed by atoms with Crippen molar-refractivity contribution in [2.45, 2.75) is 433 Å². The van der Waals surface area contributed by atoms with Gasteiger partial charge in [-0.05, 0) is 312 Å². The molecule has 624 valence electrons. The maximum atomic E-state index is 12.5. The third kappa shape index (κ3) is 34.7. The zero-order valence-corrected chi connectivity index (χ0v) is 73.0. The molecule has 2 bridgehead atoms. The molecule has 0 aromatic rings. The summed E-state index contributed by atoms with van der Waals surface area (Å²) in [5.74, 6) is 0.288. The average molecular weight is 1510 g/mol. The Bertz CT molecular complexity index is 2580. The summed E-state index contributed by atoms with van der Waals surface area (Å²) in [6.07, 6.45) is 11.4. The summed E-state index contributed by atoms with van der Waals surface area (Å²) in [5, 5.41) is 59.5. The molecule has 0 radical (unpaired) electrons. The average Bonchev–Trinajstić information content (AvgIpc) is 1.69. The molecular weight excluding hydrogens is 1350 g/mol. The van der Waals surface area contributed by atoms with Crippen molar-refractivity contribution in [1.82, 2.24) is 0 Å². The van der Waals surface area contributed by atoms with Gasteiger partial charge in [-0.3, -0.25) is 28.8 Å². The van der Waals surface area contributed by atoms with E-state index in [9.17, 15) is 72.6 Å². The number of rotatable bonds is 27. The van der Waals surface area contributed by atoms with Gasteiger partial charge in [0.15, 0.2) is 5.60 Å². The van der Waals surface area contributed by atoms with Crippen LogP contribution in [0, 0.1) is 62.1 Å². The van der Waals surface area contributed by atoms with Crippen molar-refractivity contribution < 1.29 is 101 Å². The number of aliphatic hydroxyl groups is 6. The summed E-state index contributed by atoms with van der Waals surface area (Å²) < 4.78 is 69.5. The van der Waals surface area contributed by atoms with Crippen molar-refractivity contribution in [3.05, 3.63) is 0 Å². The molecule has 0 heterocycles. The molecule has 4 aliphatic rings. The zero-order chi connectivity index (χ0) is 84.0. The van der Waals surface area contributed by atoms with Gasteiger partial charge in [-0.15, -0.1) is 0 Å². The SMILES string of the molecule is CC(O)(CC1CC2CCC1C2)C(F)(F)F.CCC(C)(C)C(=O)OC.CCC(C)(C)C(=O)OC(C(C)C)C(C)(C)O.CCC(C)(C)C(=O)OC(C)(C)C(C)(C)O.CCC(C)(C)C(=O)OC(C1CCCC1)C(C)(C)O.CCC(C)(C)C(=O)OC1(C(C)(C)O)CCCC1.CCC(OC(=O)C(C)(C)CC)C(C)(C)O.